The Morgan fingerprint density at radius 2 is 2.04 bits per heavy atom. The molecule has 1 aromatic rings. The monoisotopic (exact) mass is 385 g/mol. The molecule has 27 heavy (non-hydrogen) atoms. The summed E-state index contributed by atoms with van der Waals surface area (Å²) in [5.41, 5.74) is 1.28. The van der Waals surface area contributed by atoms with E-state index in [1.165, 1.54) is 0 Å². The second-order valence-electron chi connectivity index (χ2n) is 6.54. The zero-order valence-corrected chi connectivity index (χ0v) is 16.2. The Balaban J connectivity index is 2.07. The van der Waals surface area contributed by atoms with Crippen LogP contribution in [0.25, 0.3) is 0 Å². The summed E-state index contributed by atoms with van der Waals surface area (Å²) in [6.45, 7) is 3.84. The third kappa shape index (κ3) is 6.62. The van der Waals surface area contributed by atoms with Crippen LogP contribution in [0.1, 0.15) is 30.9 Å². The van der Waals surface area contributed by atoms with Crippen molar-refractivity contribution in [2.24, 2.45) is 4.99 Å². The third-order valence-corrected chi connectivity index (χ3v) is 4.60. The minimum atomic E-state index is -2.86. The molecular formula is C19H29F2N3O3. The Morgan fingerprint density at radius 1 is 1.30 bits per heavy atom. The number of hydrogen-bond acceptors (Lipinski definition) is 4. The minimum Gasteiger partial charge on any atom is -0.434 e. The van der Waals surface area contributed by atoms with E-state index in [2.05, 4.69) is 20.4 Å². The molecule has 6 nitrogen and oxygen atoms in total. The molecular weight excluding hydrogens is 356 g/mol. The van der Waals surface area contributed by atoms with Gasteiger partial charge < -0.3 is 24.8 Å². The molecule has 2 rings (SSSR count). The quantitative estimate of drug-likeness (QED) is 0.532. The van der Waals surface area contributed by atoms with Crippen molar-refractivity contribution in [3.63, 3.8) is 0 Å². The van der Waals surface area contributed by atoms with Gasteiger partial charge in [0.15, 0.2) is 5.96 Å². The molecule has 1 heterocycles. The van der Waals surface area contributed by atoms with Crippen molar-refractivity contribution in [1.29, 1.82) is 0 Å². The van der Waals surface area contributed by atoms with E-state index >= 15 is 0 Å². The summed E-state index contributed by atoms with van der Waals surface area (Å²) in [6.07, 6.45) is 1.61. The fourth-order valence-corrected chi connectivity index (χ4v) is 2.99. The lowest BCUT2D eigenvalue weighted by Crippen LogP contribution is -2.50. The summed E-state index contributed by atoms with van der Waals surface area (Å²) in [5, 5.41) is 6.47. The summed E-state index contributed by atoms with van der Waals surface area (Å²) in [4.78, 5) is 4.53. The van der Waals surface area contributed by atoms with Crippen LogP contribution in [0.4, 0.5) is 8.78 Å². The lowest BCUT2D eigenvalue weighted by Gasteiger charge is -2.36. The summed E-state index contributed by atoms with van der Waals surface area (Å²) >= 11 is 0. The molecule has 2 N–H and O–H groups in total. The van der Waals surface area contributed by atoms with Crippen LogP contribution in [0.15, 0.2) is 23.2 Å². The highest BCUT2D eigenvalue weighted by Crippen LogP contribution is 2.24. The number of nitrogens with zero attached hydrogens (tertiary/aromatic N) is 1. The second kappa shape index (κ2) is 10.4. The van der Waals surface area contributed by atoms with Crippen molar-refractivity contribution in [2.45, 2.75) is 45.4 Å². The van der Waals surface area contributed by atoms with E-state index in [0.717, 1.165) is 18.4 Å². The lowest BCUT2D eigenvalue weighted by molar-refractivity contribution is -0.0855. The first-order chi connectivity index (χ1) is 13.0. The van der Waals surface area contributed by atoms with Gasteiger partial charge in [0.2, 0.25) is 0 Å². The molecule has 1 saturated heterocycles. The SMILES string of the molecule is CCNC(=NCc1cc(C)ccc1OC(F)F)NCC1(OC)CCOCC1. The van der Waals surface area contributed by atoms with E-state index in [1.54, 1.807) is 25.3 Å². The van der Waals surface area contributed by atoms with Crippen molar-refractivity contribution in [3.8, 4) is 5.75 Å². The predicted molar refractivity (Wildman–Crippen MR) is 100 cm³/mol. The highest BCUT2D eigenvalue weighted by Gasteiger charge is 2.32. The summed E-state index contributed by atoms with van der Waals surface area (Å²) in [7, 11) is 1.71. The lowest BCUT2D eigenvalue weighted by atomic mass is 9.94. The highest BCUT2D eigenvalue weighted by molar-refractivity contribution is 5.79. The first-order valence-corrected chi connectivity index (χ1v) is 9.17. The highest BCUT2D eigenvalue weighted by atomic mass is 19.3. The van der Waals surface area contributed by atoms with Crippen LogP contribution in [-0.2, 0) is 16.0 Å². The molecule has 0 aromatic heterocycles. The summed E-state index contributed by atoms with van der Waals surface area (Å²) in [6, 6.07) is 5.09. The van der Waals surface area contributed by atoms with Gasteiger partial charge in [0.05, 0.1) is 12.1 Å². The molecule has 1 aliphatic heterocycles. The molecule has 0 atom stereocenters. The van der Waals surface area contributed by atoms with Gasteiger partial charge in [-0.1, -0.05) is 17.7 Å². The molecule has 0 amide bonds. The molecule has 0 unspecified atom stereocenters. The number of aryl methyl sites for hydroxylation is 1. The molecule has 8 heteroatoms. The van der Waals surface area contributed by atoms with Gasteiger partial charge in [0.25, 0.3) is 0 Å². The van der Waals surface area contributed by atoms with Crippen LogP contribution in [0.5, 0.6) is 5.75 Å². The van der Waals surface area contributed by atoms with E-state index < -0.39 is 6.61 Å². The zero-order valence-electron chi connectivity index (χ0n) is 16.2. The van der Waals surface area contributed by atoms with Crippen molar-refractivity contribution in [3.05, 3.63) is 29.3 Å². The molecule has 0 bridgehead atoms. The Kier molecular flexibility index (Phi) is 8.24. The molecule has 0 spiro atoms. The maximum absolute atomic E-state index is 12.6. The molecule has 0 radical (unpaired) electrons. The summed E-state index contributed by atoms with van der Waals surface area (Å²) < 4.78 is 41.0. The number of guanidine groups is 1. The number of methoxy groups -OCH3 is 1. The number of halogens is 2. The van der Waals surface area contributed by atoms with E-state index in [4.69, 9.17) is 9.47 Å². The van der Waals surface area contributed by atoms with Crippen LogP contribution in [0, 0.1) is 6.92 Å². The van der Waals surface area contributed by atoms with Gasteiger partial charge in [0, 0.05) is 51.8 Å². The van der Waals surface area contributed by atoms with Crippen molar-refractivity contribution in [2.75, 3.05) is 33.4 Å². The summed E-state index contributed by atoms with van der Waals surface area (Å²) in [5.74, 6) is 0.748. The Hall–Kier alpha value is -1.93. The largest absolute Gasteiger partial charge is 0.434 e. The van der Waals surface area contributed by atoms with E-state index in [9.17, 15) is 8.78 Å². The molecule has 0 aliphatic carbocycles. The zero-order chi connectivity index (χ0) is 19.7. The first-order valence-electron chi connectivity index (χ1n) is 9.17. The Labute approximate surface area is 159 Å². The maximum Gasteiger partial charge on any atom is 0.387 e. The average Bonchev–Trinajstić information content (AvgIpc) is 2.66. The van der Waals surface area contributed by atoms with Gasteiger partial charge in [0.1, 0.15) is 5.75 Å². The Bertz CT molecular complexity index is 620. The number of benzene rings is 1. The van der Waals surface area contributed by atoms with E-state index in [0.29, 0.717) is 37.8 Å². The molecule has 1 fully saturated rings. The minimum absolute atomic E-state index is 0.146. The topological polar surface area (TPSA) is 64.1 Å². The first kappa shape index (κ1) is 21.4. The normalized spacial score (nSPS) is 17.0. The van der Waals surface area contributed by atoms with Gasteiger partial charge >= 0.3 is 6.61 Å². The number of ether oxygens (including phenoxy) is 3. The standard InChI is InChI=1S/C19H29F2N3O3/c1-4-22-18(24-13-19(25-3)7-9-26-10-8-19)23-12-15-11-14(2)5-6-16(15)27-17(20)21/h5-6,11,17H,4,7-10,12-13H2,1-3H3,(H2,22,23,24). The maximum atomic E-state index is 12.6. The van der Waals surface area contributed by atoms with Crippen LogP contribution < -0.4 is 15.4 Å². The molecule has 0 saturated carbocycles. The smallest absolute Gasteiger partial charge is 0.387 e. The number of aliphatic imine (C=N–C) groups is 1. The number of nitrogens with one attached hydrogen (secondary N) is 2. The predicted octanol–water partition coefficient (Wildman–Crippen LogP) is 2.85. The van der Waals surface area contributed by atoms with Crippen LogP contribution in [0.2, 0.25) is 0 Å². The van der Waals surface area contributed by atoms with E-state index in [-0.39, 0.29) is 17.9 Å². The van der Waals surface area contributed by atoms with Crippen molar-refractivity contribution >= 4 is 5.96 Å². The average molecular weight is 385 g/mol. The van der Waals surface area contributed by atoms with Gasteiger partial charge in [-0.25, -0.2) is 4.99 Å². The Morgan fingerprint density at radius 3 is 2.67 bits per heavy atom. The van der Waals surface area contributed by atoms with Crippen LogP contribution in [-0.4, -0.2) is 51.6 Å². The van der Waals surface area contributed by atoms with Gasteiger partial charge in [-0.3, -0.25) is 0 Å². The van der Waals surface area contributed by atoms with Crippen LogP contribution >= 0.6 is 0 Å². The molecule has 152 valence electrons. The third-order valence-electron chi connectivity index (χ3n) is 4.60. The fraction of sp³-hybridized carbons (Fsp3) is 0.632. The second-order valence-corrected chi connectivity index (χ2v) is 6.54. The van der Waals surface area contributed by atoms with Crippen molar-refractivity contribution in [1.82, 2.24) is 10.6 Å². The van der Waals surface area contributed by atoms with E-state index in [1.807, 2.05) is 13.8 Å². The van der Waals surface area contributed by atoms with Crippen LogP contribution in [0.3, 0.4) is 0 Å². The van der Waals surface area contributed by atoms with Gasteiger partial charge in [-0.15, -0.1) is 0 Å². The molecule has 1 aliphatic rings. The fourth-order valence-electron chi connectivity index (χ4n) is 2.99. The molecule has 1 aromatic carbocycles. The number of hydrogen-bond donors (Lipinski definition) is 2. The number of alkyl halides is 2. The van der Waals surface area contributed by atoms with Gasteiger partial charge in [-0.05, 0) is 19.9 Å². The van der Waals surface area contributed by atoms with Gasteiger partial charge in [-0.2, -0.15) is 8.78 Å². The van der Waals surface area contributed by atoms with Crippen molar-refractivity contribution < 1.29 is 23.0 Å². The number of rotatable bonds is 8.